The molecule has 1 aliphatic rings. The van der Waals surface area contributed by atoms with Crippen LogP contribution in [0.5, 0.6) is 0 Å². The molecule has 0 saturated heterocycles. The van der Waals surface area contributed by atoms with Gasteiger partial charge >= 0.3 is 0 Å². The molecule has 0 unspecified atom stereocenters. The van der Waals surface area contributed by atoms with Gasteiger partial charge in [0.1, 0.15) is 0 Å². The number of rotatable bonds is 10. The average Bonchev–Trinajstić information content (AvgIpc) is 2.98. The third-order valence-corrected chi connectivity index (χ3v) is 2.75. The summed E-state index contributed by atoms with van der Waals surface area (Å²) in [6, 6.07) is 0. The van der Waals surface area contributed by atoms with Gasteiger partial charge in [0, 0.05) is 13.2 Å². The van der Waals surface area contributed by atoms with E-state index in [4.69, 9.17) is 4.74 Å². The van der Waals surface area contributed by atoms with Crippen molar-refractivity contribution in [2.75, 3.05) is 46.9 Å². The molecule has 90 valence electrons. The van der Waals surface area contributed by atoms with Gasteiger partial charge in [0.2, 0.25) is 0 Å². The lowest BCUT2D eigenvalue weighted by molar-refractivity contribution is 0.130. The Morgan fingerprint density at radius 2 is 2.00 bits per heavy atom. The molecule has 1 N–H and O–H groups in total. The van der Waals surface area contributed by atoms with Crippen LogP contribution in [-0.2, 0) is 4.74 Å². The lowest BCUT2D eigenvalue weighted by atomic mass is 10.3. The molecule has 0 radical (unpaired) electrons. The summed E-state index contributed by atoms with van der Waals surface area (Å²) in [5.74, 6) is 0.998. The lowest BCUT2D eigenvalue weighted by Gasteiger charge is -2.09. The van der Waals surface area contributed by atoms with Crippen LogP contribution in [-0.4, -0.2) is 51.8 Å². The quantitative estimate of drug-likeness (QED) is 0.556. The fourth-order valence-electron chi connectivity index (χ4n) is 1.55. The molecule has 0 heterocycles. The van der Waals surface area contributed by atoms with Crippen LogP contribution in [0, 0.1) is 5.92 Å². The third-order valence-electron chi connectivity index (χ3n) is 2.75. The molecule has 3 heteroatoms. The Kier molecular flexibility index (Phi) is 6.98. The second-order valence-corrected chi connectivity index (χ2v) is 4.75. The highest BCUT2D eigenvalue weighted by molar-refractivity contribution is 4.72. The number of hydrogen-bond acceptors (Lipinski definition) is 3. The highest BCUT2D eigenvalue weighted by Crippen LogP contribution is 2.31. The smallest absolute Gasteiger partial charge is 0.0590 e. The highest BCUT2D eigenvalue weighted by Gasteiger charge is 2.20. The molecule has 0 aromatic carbocycles. The van der Waals surface area contributed by atoms with E-state index >= 15 is 0 Å². The van der Waals surface area contributed by atoms with E-state index in [9.17, 15) is 0 Å². The molecule has 0 atom stereocenters. The van der Waals surface area contributed by atoms with E-state index in [1.807, 2.05) is 0 Å². The van der Waals surface area contributed by atoms with Gasteiger partial charge in [-0.15, -0.1) is 0 Å². The molecule has 0 bridgehead atoms. The third kappa shape index (κ3) is 8.85. The highest BCUT2D eigenvalue weighted by atomic mass is 16.5. The number of nitrogens with zero attached hydrogens (tertiary/aromatic N) is 1. The van der Waals surface area contributed by atoms with Gasteiger partial charge in [-0.25, -0.2) is 0 Å². The van der Waals surface area contributed by atoms with Crippen molar-refractivity contribution in [3.8, 4) is 0 Å². The van der Waals surface area contributed by atoms with Crippen molar-refractivity contribution in [1.82, 2.24) is 10.2 Å². The zero-order valence-electron chi connectivity index (χ0n) is 10.3. The molecule has 3 nitrogen and oxygen atoms in total. The fourth-order valence-corrected chi connectivity index (χ4v) is 1.55. The monoisotopic (exact) mass is 214 g/mol. The summed E-state index contributed by atoms with van der Waals surface area (Å²) in [6.07, 6.45) is 5.37. The fraction of sp³-hybridized carbons (Fsp3) is 1.00. The minimum absolute atomic E-state index is 0.870. The molecule has 15 heavy (non-hydrogen) atoms. The van der Waals surface area contributed by atoms with Crippen molar-refractivity contribution in [2.24, 2.45) is 5.92 Å². The molecular formula is C12H26N2O. The zero-order chi connectivity index (χ0) is 10.9. The van der Waals surface area contributed by atoms with E-state index in [2.05, 4.69) is 24.3 Å². The van der Waals surface area contributed by atoms with Crippen molar-refractivity contribution in [1.29, 1.82) is 0 Å². The first-order valence-corrected chi connectivity index (χ1v) is 6.22. The average molecular weight is 214 g/mol. The predicted molar refractivity (Wildman–Crippen MR) is 64.2 cm³/mol. The number of nitrogens with one attached hydrogen (secondary N) is 1. The van der Waals surface area contributed by atoms with Gasteiger partial charge in [-0.05, 0) is 45.9 Å². The maximum Gasteiger partial charge on any atom is 0.0590 e. The second-order valence-electron chi connectivity index (χ2n) is 4.75. The standard InChI is InChI=1S/C12H26N2O/c1-14(2)9-3-7-13-8-11-15-10-6-12-4-5-12/h12-13H,3-11H2,1-2H3. The molecule has 0 aromatic heterocycles. The van der Waals surface area contributed by atoms with Gasteiger partial charge in [-0.1, -0.05) is 12.8 Å². The summed E-state index contributed by atoms with van der Waals surface area (Å²) < 4.78 is 5.54. The SMILES string of the molecule is CN(C)CCCNCCOCCC1CC1. The van der Waals surface area contributed by atoms with E-state index in [0.29, 0.717) is 0 Å². The van der Waals surface area contributed by atoms with Crippen LogP contribution in [0.25, 0.3) is 0 Å². The maximum absolute atomic E-state index is 5.54. The molecule has 0 aliphatic heterocycles. The van der Waals surface area contributed by atoms with Crippen LogP contribution in [0.15, 0.2) is 0 Å². The maximum atomic E-state index is 5.54. The Hall–Kier alpha value is -0.120. The first-order valence-electron chi connectivity index (χ1n) is 6.22. The largest absolute Gasteiger partial charge is 0.380 e. The van der Waals surface area contributed by atoms with E-state index in [1.54, 1.807) is 0 Å². The molecule has 0 amide bonds. The molecular weight excluding hydrogens is 188 g/mol. The van der Waals surface area contributed by atoms with Gasteiger partial charge in [0.25, 0.3) is 0 Å². The molecule has 1 rings (SSSR count). The first kappa shape index (κ1) is 12.9. The van der Waals surface area contributed by atoms with E-state index < -0.39 is 0 Å². The topological polar surface area (TPSA) is 24.5 Å². The van der Waals surface area contributed by atoms with Crippen LogP contribution < -0.4 is 5.32 Å². The van der Waals surface area contributed by atoms with Crippen molar-refractivity contribution in [3.63, 3.8) is 0 Å². The normalized spacial score (nSPS) is 16.2. The summed E-state index contributed by atoms with van der Waals surface area (Å²) in [6.45, 7) is 5.09. The second kappa shape index (κ2) is 8.08. The van der Waals surface area contributed by atoms with E-state index in [1.165, 1.54) is 25.7 Å². The molecule has 1 fully saturated rings. The van der Waals surface area contributed by atoms with Crippen LogP contribution in [0.3, 0.4) is 0 Å². The van der Waals surface area contributed by atoms with Gasteiger partial charge in [0.15, 0.2) is 0 Å². The van der Waals surface area contributed by atoms with Crippen LogP contribution in [0.4, 0.5) is 0 Å². The summed E-state index contributed by atoms with van der Waals surface area (Å²) in [7, 11) is 4.22. The lowest BCUT2D eigenvalue weighted by Crippen LogP contribution is -2.24. The Balaban J connectivity index is 1.65. The van der Waals surface area contributed by atoms with Crippen LogP contribution >= 0.6 is 0 Å². The Bertz CT molecular complexity index is 139. The van der Waals surface area contributed by atoms with Crippen molar-refractivity contribution >= 4 is 0 Å². The first-order chi connectivity index (χ1) is 7.29. The number of ether oxygens (including phenoxy) is 1. The van der Waals surface area contributed by atoms with Gasteiger partial charge < -0.3 is 15.0 Å². The summed E-state index contributed by atoms with van der Waals surface area (Å²) >= 11 is 0. The summed E-state index contributed by atoms with van der Waals surface area (Å²) in [5, 5.41) is 3.39. The molecule has 1 saturated carbocycles. The van der Waals surface area contributed by atoms with Crippen LogP contribution in [0.1, 0.15) is 25.7 Å². The Morgan fingerprint density at radius 3 is 2.67 bits per heavy atom. The van der Waals surface area contributed by atoms with E-state index in [0.717, 1.165) is 38.8 Å². The minimum atomic E-state index is 0.870. The van der Waals surface area contributed by atoms with Crippen molar-refractivity contribution < 1.29 is 4.74 Å². The van der Waals surface area contributed by atoms with Crippen molar-refractivity contribution in [2.45, 2.75) is 25.7 Å². The molecule has 0 spiro atoms. The van der Waals surface area contributed by atoms with Gasteiger partial charge in [0.05, 0.1) is 6.61 Å². The molecule has 1 aliphatic carbocycles. The van der Waals surface area contributed by atoms with Gasteiger partial charge in [-0.3, -0.25) is 0 Å². The van der Waals surface area contributed by atoms with Crippen molar-refractivity contribution in [3.05, 3.63) is 0 Å². The minimum Gasteiger partial charge on any atom is -0.380 e. The van der Waals surface area contributed by atoms with E-state index in [-0.39, 0.29) is 0 Å². The summed E-state index contributed by atoms with van der Waals surface area (Å²) in [4.78, 5) is 2.22. The zero-order valence-corrected chi connectivity index (χ0v) is 10.3. The van der Waals surface area contributed by atoms with Gasteiger partial charge in [-0.2, -0.15) is 0 Å². The Morgan fingerprint density at radius 1 is 1.20 bits per heavy atom. The van der Waals surface area contributed by atoms with Crippen LogP contribution in [0.2, 0.25) is 0 Å². The Labute approximate surface area is 94.2 Å². The summed E-state index contributed by atoms with van der Waals surface area (Å²) in [5.41, 5.74) is 0. The predicted octanol–water partition coefficient (Wildman–Crippen LogP) is 1.34. The molecule has 0 aromatic rings. The number of hydrogen-bond donors (Lipinski definition) is 1.